The Kier molecular flexibility index (Phi) is 11.2. The van der Waals surface area contributed by atoms with Gasteiger partial charge in [0.1, 0.15) is 0 Å². The number of aliphatic hydroxyl groups is 1. The van der Waals surface area contributed by atoms with Crippen LogP contribution in [0.2, 0.25) is 0 Å². The average molecular weight is 481 g/mol. The highest BCUT2D eigenvalue weighted by Gasteiger charge is 2.49. The molecule has 0 fully saturated rings. The molecule has 0 saturated heterocycles. The van der Waals surface area contributed by atoms with Crippen LogP contribution in [0.25, 0.3) is 10.8 Å². The molecule has 0 aromatic heterocycles. The topological polar surface area (TPSA) is 89.9 Å². The SMILES string of the molecule is CC(C)(C)O.CCOC=O.CCc1c(C)cc2cc(C)ccc2c1OS(=O)(=O)C(F)(F)F. The molecule has 0 saturated carbocycles. The van der Waals surface area contributed by atoms with E-state index in [1.165, 1.54) is 0 Å². The largest absolute Gasteiger partial charge is 0.534 e. The van der Waals surface area contributed by atoms with E-state index in [0.717, 1.165) is 5.56 Å². The molecule has 6 nitrogen and oxygen atoms in total. The summed E-state index contributed by atoms with van der Waals surface area (Å²) in [5, 5.41) is 9.51. The van der Waals surface area contributed by atoms with Crippen molar-refractivity contribution < 1.29 is 40.4 Å². The minimum absolute atomic E-state index is 0.241. The second-order valence-corrected chi connectivity index (χ2v) is 9.32. The summed E-state index contributed by atoms with van der Waals surface area (Å²) < 4.78 is 69.2. The van der Waals surface area contributed by atoms with Gasteiger partial charge in [0.2, 0.25) is 0 Å². The number of hydrogen-bond donors (Lipinski definition) is 1. The third-order valence-electron chi connectivity index (χ3n) is 3.64. The van der Waals surface area contributed by atoms with Crippen LogP contribution in [0.15, 0.2) is 24.3 Å². The number of fused-ring (bicyclic) bond motifs is 1. The lowest BCUT2D eigenvalue weighted by molar-refractivity contribution is -0.128. The standard InChI is InChI=1S/C15H15F3O3S.C4H10O.C3H6O2/c1-4-12-10(3)8-11-7-9(2)5-6-13(11)14(12)21-22(19,20)15(16,17)18;1-4(2,3)5;1-2-5-3-4/h5-8H,4H2,1-3H3;5H,1-3H3;3H,2H2,1H3. The second kappa shape index (κ2) is 12.1. The Morgan fingerprint density at radius 3 is 1.97 bits per heavy atom. The molecule has 0 unspecified atom stereocenters. The molecule has 0 radical (unpaired) electrons. The lowest BCUT2D eigenvalue weighted by Gasteiger charge is -2.17. The molecule has 0 aliphatic heterocycles. The van der Waals surface area contributed by atoms with Crippen molar-refractivity contribution in [1.29, 1.82) is 0 Å². The van der Waals surface area contributed by atoms with Crippen molar-refractivity contribution in [2.45, 2.75) is 66.0 Å². The Balaban J connectivity index is 0.000000805. The second-order valence-electron chi connectivity index (χ2n) is 7.78. The predicted molar refractivity (Wildman–Crippen MR) is 118 cm³/mol. The van der Waals surface area contributed by atoms with Gasteiger partial charge >= 0.3 is 15.6 Å². The number of halogens is 3. The zero-order valence-corrected chi connectivity index (χ0v) is 20.1. The average Bonchev–Trinajstić information content (AvgIpc) is 2.60. The van der Waals surface area contributed by atoms with Crippen molar-refractivity contribution >= 4 is 27.4 Å². The fraction of sp³-hybridized carbons (Fsp3) is 0.500. The number of ether oxygens (including phenoxy) is 1. The summed E-state index contributed by atoms with van der Waals surface area (Å²) in [6.07, 6.45) is 0.359. The van der Waals surface area contributed by atoms with Crippen molar-refractivity contribution in [1.82, 2.24) is 0 Å². The van der Waals surface area contributed by atoms with E-state index in [4.69, 9.17) is 5.11 Å². The van der Waals surface area contributed by atoms with Gasteiger partial charge in [-0.2, -0.15) is 21.6 Å². The van der Waals surface area contributed by atoms with Crippen LogP contribution in [-0.2, 0) is 26.1 Å². The van der Waals surface area contributed by atoms with Gasteiger partial charge in [-0.1, -0.05) is 36.8 Å². The monoisotopic (exact) mass is 480 g/mol. The minimum atomic E-state index is -5.70. The van der Waals surface area contributed by atoms with Gasteiger partial charge < -0.3 is 14.0 Å². The first-order chi connectivity index (χ1) is 14.5. The van der Waals surface area contributed by atoms with E-state index in [1.54, 1.807) is 59.7 Å². The molecular formula is C22H31F3O6S. The molecule has 0 spiro atoms. The fourth-order valence-electron chi connectivity index (χ4n) is 2.43. The smallest absolute Gasteiger partial charge is 0.468 e. The summed E-state index contributed by atoms with van der Waals surface area (Å²) in [6, 6.07) is 6.86. The third-order valence-corrected chi connectivity index (χ3v) is 4.59. The van der Waals surface area contributed by atoms with Crippen molar-refractivity contribution in [2.75, 3.05) is 6.61 Å². The molecule has 1 N–H and O–H groups in total. The third kappa shape index (κ3) is 9.86. The number of aryl methyl sites for hydroxylation is 2. The van der Waals surface area contributed by atoms with Crippen LogP contribution in [-0.4, -0.2) is 37.7 Å². The quantitative estimate of drug-likeness (QED) is 0.359. The first-order valence-corrected chi connectivity index (χ1v) is 11.2. The summed E-state index contributed by atoms with van der Waals surface area (Å²) in [7, 11) is -5.70. The highest BCUT2D eigenvalue weighted by Crippen LogP contribution is 2.37. The maximum atomic E-state index is 12.6. The molecular weight excluding hydrogens is 449 g/mol. The summed E-state index contributed by atoms with van der Waals surface area (Å²) >= 11 is 0. The van der Waals surface area contributed by atoms with Crippen LogP contribution in [0.4, 0.5) is 13.2 Å². The molecule has 2 aromatic carbocycles. The molecule has 0 aliphatic carbocycles. The lowest BCUT2D eigenvalue weighted by Crippen LogP contribution is -2.28. The number of carbonyl (C=O) groups is 1. The summed E-state index contributed by atoms with van der Waals surface area (Å²) in [5.74, 6) is -0.241. The van der Waals surface area contributed by atoms with Gasteiger partial charge in [0.25, 0.3) is 6.47 Å². The zero-order valence-electron chi connectivity index (χ0n) is 19.3. The van der Waals surface area contributed by atoms with E-state index in [-0.39, 0.29) is 5.75 Å². The summed E-state index contributed by atoms with van der Waals surface area (Å²) in [5.41, 5.74) is -3.91. The number of alkyl halides is 3. The maximum absolute atomic E-state index is 12.6. The van der Waals surface area contributed by atoms with Crippen molar-refractivity contribution in [2.24, 2.45) is 0 Å². The van der Waals surface area contributed by atoms with Crippen molar-refractivity contribution in [3.63, 3.8) is 0 Å². The van der Waals surface area contributed by atoms with Gasteiger partial charge in [-0.3, -0.25) is 4.79 Å². The van der Waals surface area contributed by atoms with E-state index in [1.807, 2.05) is 13.0 Å². The van der Waals surface area contributed by atoms with Gasteiger partial charge in [-0.25, -0.2) is 0 Å². The van der Waals surface area contributed by atoms with Gasteiger partial charge in [0, 0.05) is 5.39 Å². The molecule has 2 rings (SSSR count). The van der Waals surface area contributed by atoms with E-state index < -0.39 is 21.2 Å². The normalized spacial score (nSPS) is 11.6. The minimum Gasteiger partial charge on any atom is -0.468 e. The van der Waals surface area contributed by atoms with Crippen LogP contribution in [0.5, 0.6) is 5.75 Å². The molecule has 10 heteroatoms. The highest BCUT2D eigenvalue weighted by atomic mass is 32.2. The molecule has 2 aromatic rings. The first kappa shape index (κ1) is 29.7. The summed E-state index contributed by atoms with van der Waals surface area (Å²) in [6.45, 7) is 13.2. The Bertz CT molecular complexity index is 987. The van der Waals surface area contributed by atoms with Crippen LogP contribution < -0.4 is 4.18 Å². The first-order valence-electron chi connectivity index (χ1n) is 9.79. The van der Waals surface area contributed by atoms with Crippen LogP contribution in [0, 0.1) is 13.8 Å². The molecule has 0 aliphatic rings. The lowest BCUT2D eigenvalue weighted by atomic mass is 9.97. The van der Waals surface area contributed by atoms with Gasteiger partial charge in [-0.15, -0.1) is 0 Å². The number of rotatable bonds is 5. The molecule has 0 bridgehead atoms. The Hall–Kier alpha value is -2.33. The van der Waals surface area contributed by atoms with Crippen LogP contribution >= 0.6 is 0 Å². The number of benzene rings is 2. The van der Waals surface area contributed by atoms with Gasteiger partial charge in [-0.05, 0) is 64.5 Å². The van der Waals surface area contributed by atoms with Gasteiger partial charge in [0.15, 0.2) is 5.75 Å². The van der Waals surface area contributed by atoms with E-state index in [2.05, 4.69) is 8.92 Å². The maximum Gasteiger partial charge on any atom is 0.534 e. The zero-order chi connectivity index (χ0) is 25.3. The Morgan fingerprint density at radius 2 is 1.59 bits per heavy atom. The van der Waals surface area contributed by atoms with Gasteiger partial charge in [0.05, 0.1) is 12.2 Å². The molecule has 0 amide bonds. The number of carbonyl (C=O) groups excluding carboxylic acids is 1. The van der Waals surface area contributed by atoms with E-state index in [9.17, 15) is 26.4 Å². The predicted octanol–water partition coefficient (Wildman–Crippen LogP) is 5.20. The molecule has 0 atom stereocenters. The Labute approximate surface area is 187 Å². The van der Waals surface area contributed by atoms with Crippen LogP contribution in [0.3, 0.4) is 0 Å². The fourth-order valence-corrected chi connectivity index (χ4v) is 2.93. The molecule has 32 heavy (non-hydrogen) atoms. The molecule has 182 valence electrons. The van der Waals surface area contributed by atoms with E-state index >= 15 is 0 Å². The summed E-state index contributed by atoms with van der Waals surface area (Å²) in [4.78, 5) is 9.18. The highest BCUT2D eigenvalue weighted by molar-refractivity contribution is 7.88. The molecule has 0 heterocycles. The van der Waals surface area contributed by atoms with Crippen molar-refractivity contribution in [3.8, 4) is 5.75 Å². The van der Waals surface area contributed by atoms with Crippen molar-refractivity contribution in [3.05, 3.63) is 41.0 Å². The van der Waals surface area contributed by atoms with Crippen LogP contribution in [0.1, 0.15) is 51.3 Å². The number of hydrogen-bond acceptors (Lipinski definition) is 6. The van der Waals surface area contributed by atoms with E-state index in [0.29, 0.717) is 41.4 Å². The Morgan fingerprint density at radius 1 is 1.06 bits per heavy atom.